The van der Waals surface area contributed by atoms with Crippen LogP contribution in [-0.2, 0) is 20.9 Å². The fourth-order valence-electron chi connectivity index (χ4n) is 3.84. The SMILES string of the molecule is CC(C)(C)OC(=O)N1CC(Oc2cccc3c2CN(C2CCC(=O)NC2=O)C3=O)C1. The van der Waals surface area contributed by atoms with Crippen LogP contribution in [0.2, 0.25) is 0 Å². The van der Waals surface area contributed by atoms with E-state index in [4.69, 9.17) is 9.47 Å². The van der Waals surface area contributed by atoms with Crippen LogP contribution < -0.4 is 10.1 Å². The average Bonchev–Trinajstić information content (AvgIpc) is 2.94. The Hall–Kier alpha value is -3.10. The van der Waals surface area contributed by atoms with Crippen LogP contribution in [0.4, 0.5) is 4.79 Å². The Bertz CT molecular complexity index is 916. The van der Waals surface area contributed by atoms with Crippen molar-refractivity contribution in [3.8, 4) is 5.75 Å². The molecule has 160 valence electrons. The Kier molecular flexibility index (Phi) is 4.91. The van der Waals surface area contributed by atoms with Crippen molar-refractivity contribution in [2.24, 2.45) is 0 Å². The predicted molar refractivity (Wildman–Crippen MR) is 105 cm³/mol. The van der Waals surface area contributed by atoms with Crippen LogP contribution in [-0.4, -0.2) is 64.5 Å². The summed E-state index contributed by atoms with van der Waals surface area (Å²) in [6.07, 6.45) is -0.0418. The highest BCUT2D eigenvalue weighted by Crippen LogP contribution is 2.34. The molecule has 9 heteroatoms. The Morgan fingerprint density at radius 3 is 2.57 bits per heavy atom. The normalized spacial score (nSPS) is 21.8. The summed E-state index contributed by atoms with van der Waals surface area (Å²) < 4.78 is 11.4. The minimum atomic E-state index is -0.665. The van der Waals surface area contributed by atoms with Gasteiger partial charge in [-0.25, -0.2) is 4.79 Å². The molecule has 2 fully saturated rings. The third-order valence-corrected chi connectivity index (χ3v) is 5.33. The lowest BCUT2D eigenvalue weighted by Crippen LogP contribution is -2.57. The molecule has 0 radical (unpaired) electrons. The zero-order valence-electron chi connectivity index (χ0n) is 17.3. The van der Waals surface area contributed by atoms with Crippen molar-refractivity contribution in [1.82, 2.24) is 15.1 Å². The fraction of sp³-hybridized carbons (Fsp3) is 0.524. The van der Waals surface area contributed by atoms with Gasteiger partial charge in [0.2, 0.25) is 11.8 Å². The number of rotatable bonds is 3. The van der Waals surface area contributed by atoms with E-state index in [1.807, 2.05) is 20.8 Å². The molecular formula is C21H25N3O6. The number of hydrogen-bond acceptors (Lipinski definition) is 6. The molecule has 0 aromatic heterocycles. The maximum atomic E-state index is 12.9. The number of likely N-dealkylation sites (tertiary alicyclic amines) is 1. The molecule has 1 aromatic rings. The largest absolute Gasteiger partial charge is 0.486 e. The van der Waals surface area contributed by atoms with Gasteiger partial charge in [0, 0.05) is 17.5 Å². The van der Waals surface area contributed by atoms with Gasteiger partial charge < -0.3 is 19.3 Å². The molecule has 4 rings (SSSR count). The number of fused-ring (bicyclic) bond motifs is 1. The number of nitrogens with zero attached hydrogens (tertiary/aromatic N) is 2. The summed E-state index contributed by atoms with van der Waals surface area (Å²) >= 11 is 0. The van der Waals surface area contributed by atoms with Crippen LogP contribution >= 0.6 is 0 Å². The lowest BCUT2D eigenvalue weighted by atomic mass is 10.0. The van der Waals surface area contributed by atoms with Crippen molar-refractivity contribution in [3.63, 3.8) is 0 Å². The predicted octanol–water partition coefficient (Wildman–Crippen LogP) is 1.45. The van der Waals surface area contributed by atoms with E-state index in [1.54, 1.807) is 23.1 Å². The van der Waals surface area contributed by atoms with E-state index in [9.17, 15) is 19.2 Å². The minimum Gasteiger partial charge on any atom is -0.486 e. The number of benzene rings is 1. The molecule has 1 unspecified atom stereocenters. The molecule has 3 heterocycles. The van der Waals surface area contributed by atoms with Crippen LogP contribution in [0.5, 0.6) is 5.75 Å². The molecule has 9 nitrogen and oxygen atoms in total. The van der Waals surface area contributed by atoms with Crippen molar-refractivity contribution in [2.75, 3.05) is 13.1 Å². The molecule has 0 bridgehead atoms. The second kappa shape index (κ2) is 7.30. The summed E-state index contributed by atoms with van der Waals surface area (Å²) in [5.41, 5.74) is 0.673. The van der Waals surface area contributed by atoms with E-state index in [2.05, 4.69) is 5.32 Å². The lowest BCUT2D eigenvalue weighted by Gasteiger charge is -2.39. The number of amides is 4. The smallest absolute Gasteiger partial charge is 0.410 e. The van der Waals surface area contributed by atoms with Gasteiger partial charge in [-0.2, -0.15) is 0 Å². The Balaban J connectivity index is 1.41. The summed E-state index contributed by atoms with van der Waals surface area (Å²) in [7, 11) is 0. The number of piperidine rings is 1. The van der Waals surface area contributed by atoms with Gasteiger partial charge in [0.05, 0.1) is 19.6 Å². The third-order valence-electron chi connectivity index (χ3n) is 5.33. The first-order valence-corrected chi connectivity index (χ1v) is 10.0. The Labute approximate surface area is 174 Å². The van der Waals surface area contributed by atoms with Crippen molar-refractivity contribution in [1.29, 1.82) is 0 Å². The van der Waals surface area contributed by atoms with Gasteiger partial charge in [-0.15, -0.1) is 0 Å². The summed E-state index contributed by atoms with van der Waals surface area (Å²) in [4.78, 5) is 51.6. The molecular weight excluding hydrogens is 390 g/mol. The molecule has 0 spiro atoms. The zero-order chi connectivity index (χ0) is 21.6. The molecule has 1 atom stereocenters. The molecule has 0 aliphatic carbocycles. The van der Waals surface area contributed by atoms with Crippen LogP contribution in [0, 0.1) is 0 Å². The molecule has 30 heavy (non-hydrogen) atoms. The number of nitrogens with one attached hydrogen (secondary N) is 1. The first-order valence-electron chi connectivity index (χ1n) is 10.0. The van der Waals surface area contributed by atoms with Crippen LogP contribution in [0.3, 0.4) is 0 Å². The van der Waals surface area contributed by atoms with E-state index in [0.29, 0.717) is 30.8 Å². The zero-order valence-corrected chi connectivity index (χ0v) is 17.3. The van der Waals surface area contributed by atoms with Gasteiger partial charge in [0.25, 0.3) is 5.91 Å². The van der Waals surface area contributed by atoms with E-state index in [-0.39, 0.29) is 37.0 Å². The molecule has 1 N–H and O–H groups in total. The van der Waals surface area contributed by atoms with Gasteiger partial charge in [-0.3, -0.25) is 19.7 Å². The van der Waals surface area contributed by atoms with E-state index in [0.717, 1.165) is 5.56 Å². The van der Waals surface area contributed by atoms with Gasteiger partial charge in [0.1, 0.15) is 23.5 Å². The molecule has 4 amide bonds. The minimum absolute atomic E-state index is 0.191. The summed E-state index contributed by atoms with van der Waals surface area (Å²) in [5, 5.41) is 2.30. The first kappa shape index (κ1) is 20.2. The van der Waals surface area contributed by atoms with Gasteiger partial charge in [0.15, 0.2) is 0 Å². The summed E-state index contributed by atoms with van der Waals surface area (Å²) in [6, 6.07) is 4.58. The van der Waals surface area contributed by atoms with Crippen molar-refractivity contribution < 1.29 is 28.7 Å². The fourth-order valence-corrected chi connectivity index (χ4v) is 3.84. The van der Waals surface area contributed by atoms with Crippen molar-refractivity contribution in [2.45, 2.75) is 57.9 Å². The van der Waals surface area contributed by atoms with Gasteiger partial charge in [-0.05, 0) is 39.3 Å². The molecule has 1 aromatic carbocycles. The summed E-state index contributed by atoms with van der Waals surface area (Å²) in [5.74, 6) is -0.427. The maximum absolute atomic E-state index is 12.9. The Morgan fingerprint density at radius 2 is 1.90 bits per heavy atom. The van der Waals surface area contributed by atoms with E-state index in [1.165, 1.54) is 4.90 Å². The van der Waals surface area contributed by atoms with Crippen LogP contribution in [0.15, 0.2) is 18.2 Å². The number of ether oxygens (including phenoxy) is 2. The van der Waals surface area contributed by atoms with Gasteiger partial charge >= 0.3 is 6.09 Å². The standard InChI is InChI=1S/C21H25N3O6/c1-21(2,3)30-20(28)23-9-12(10-23)29-16-6-4-5-13-14(16)11-24(19(13)27)15-7-8-17(25)22-18(15)26/h4-6,12,15H,7-11H2,1-3H3,(H,22,25,26). The monoisotopic (exact) mass is 415 g/mol. The number of hydrogen-bond donors (Lipinski definition) is 1. The Morgan fingerprint density at radius 1 is 1.17 bits per heavy atom. The second-order valence-corrected chi connectivity index (χ2v) is 8.81. The molecule has 3 aliphatic heterocycles. The van der Waals surface area contributed by atoms with Crippen molar-refractivity contribution in [3.05, 3.63) is 29.3 Å². The number of imide groups is 1. The third kappa shape index (κ3) is 3.83. The quantitative estimate of drug-likeness (QED) is 0.749. The topological polar surface area (TPSA) is 105 Å². The van der Waals surface area contributed by atoms with Crippen LogP contribution in [0.1, 0.15) is 49.5 Å². The highest BCUT2D eigenvalue weighted by molar-refractivity contribution is 6.05. The highest BCUT2D eigenvalue weighted by Gasteiger charge is 2.41. The maximum Gasteiger partial charge on any atom is 0.410 e. The van der Waals surface area contributed by atoms with Gasteiger partial charge in [-0.1, -0.05) is 6.07 Å². The second-order valence-electron chi connectivity index (χ2n) is 8.81. The van der Waals surface area contributed by atoms with E-state index < -0.39 is 17.6 Å². The van der Waals surface area contributed by atoms with Crippen molar-refractivity contribution >= 4 is 23.8 Å². The highest BCUT2D eigenvalue weighted by atomic mass is 16.6. The number of carbonyl (C=O) groups is 4. The summed E-state index contributed by atoms with van der Waals surface area (Å²) in [6.45, 7) is 6.51. The van der Waals surface area contributed by atoms with Crippen LogP contribution in [0.25, 0.3) is 0 Å². The first-order chi connectivity index (χ1) is 14.1. The molecule has 3 aliphatic rings. The molecule has 0 saturated carbocycles. The number of carbonyl (C=O) groups excluding carboxylic acids is 4. The molecule has 2 saturated heterocycles. The van der Waals surface area contributed by atoms with E-state index >= 15 is 0 Å². The lowest BCUT2D eigenvalue weighted by molar-refractivity contribution is -0.136. The average molecular weight is 415 g/mol.